The maximum atomic E-state index is 12.9. The van der Waals surface area contributed by atoms with Crippen LogP contribution in [-0.2, 0) is 4.74 Å². The summed E-state index contributed by atoms with van der Waals surface area (Å²) in [4.78, 5) is 0. The Labute approximate surface area is 112 Å². The van der Waals surface area contributed by atoms with Crippen LogP contribution in [0.2, 0.25) is 0 Å². The average Bonchev–Trinajstić information content (AvgIpc) is 2.49. The Morgan fingerprint density at radius 3 is 2.32 bits per heavy atom. The minimum atomic E-state index is -0.213. The molecule has 2 aromatic carbocycles. The van der Waals surface area contributed by atoms with E-state index in [1.54, 1.807) is 12.1 Å². The molecule has 1 fully saturated rings. The van der Waals surface area contributed by atoms with Gasteiger partial charge in [-0.25, -0.2) is 4.39 Å². The third kappa shape index (κ3) is 2.83. The Morgan fingerprint density at radius 1 is 0.947 bits per heavy atom. The van der Waals surface area contributed by atoms with Gasteiger partial charge in [-0.05, 0) is 23.3 Å². The predicted molar refractivity (Wildman–Crippen MR) is 72.3 cm³/mol. The van der Waals surface area contributed by atoms with Crippen LogP contribution >= 0.6 is 0 Å². The lowest BCUT2D eigenvalue weighted by molar-refractivity contribution is 0.00234. The largest absolute Gasteiger partial charge is 0.370 e. The fourth-order valence-corrected chi connectivity index (χ4v) is 2.37. The number of ether oxygens (including phenoxy) is 1. The smallest absolute Gasteiger partial charge is 0.123 e. The lowest BCUT2D eigenvalue weighted by atomic mass is 10.0. The molecule has 3 heteroatoms. The van der Waals surface area contributed by atoms with Crippen LogP contribution in [0.25, 0.3) is 0 Å². The van der Waals surface area contributed by atoms with E-state index < -0.39 is 0 Å². The molecule has 0 amide bonds. The second-order valence-electron chi connectivity index (χ2n) is 4.75. The van der Waals surface area contributed by atoms with E-state index in [4.69, 9.17) is 4.74 Å². The van der Waals surface area contributed by atoms with Crippen LogP contribution in [0.15, 0.2) is 54.6 Å². The quantitative estimate of drug-likeness (QED) is 0.892. The molecule has 98 valence electrons. The predicted octanol–water partition coefficient (Wildman–Crippen LogP) is 3.23. The topological polar surface area (TPSA) is 21.3 Å². The fraction of sp³-hybridized carbons (Fsp3) is 0.250. The molecule has 1 aliphatic heterocycles. The molecule has 2 unspecified atom stereocenters. The van der Waals surface area contributed by atoms with Crippen molar-refractivity contribution in [2.45, 2.75) is 12.1 Å². The van der Waals surface area contributed by atoms with Crippen molar-refractivity contribution in [3.63, 3.8) is 0 Å². The van der Waals surface area contributed by atoms with E-state index >= 15 is 0 Å². The van der Waals surface area contributed by atoms with E-state index in [0.29, 0.717) is 6.61 Å². The van der Waals surface area contributed by atoms with Gasteiger partial charge in [-0.2, -0.15) is 0 Å². The minimum absolute atomic E-state index is 0.000521. The number of morpholine rings is 1. The van der Waals surface area contributed by atoms with E-state index in [-0.39, 0.29) is 18.0 Å². The van der Waals surface area contributed by atoms with Crippen LogP contribution in [0.5, 0.6) is 0 Å². The summed E-state index contributed by atoms with van der Waals surface area (Å²) < 4.78 is 18.8. The highest BCUT2D eigenvalue weighted by atomic mass is 19.1. The summed E-state index contributed by atoms with van der Waals surface area (Å²) in [5.74, 6) is -0.213. The zero-order chi connectivity index (χ0) is 13.1. The second-order valence-corrected chi connectivity index (χ2v) is 4.75. The summed E-state index contributed by atoms with van der Waals surface area (Å²) >= 11 is 0. The molecular weight excluding hydrogens is 241 g/mol. The second kappa shape index (κ2) is 5.51. The van der Waals surface area contributed by atoms with Crippen LogP contribution in [0, 0.1) is 5.82 Å². The SMILES string of the molecule is Fc1ccc(C2CNC(c3ccccc3)CO2)cc1. The maximum absolute atomic E-state index is 12.9. The summed E-state index contributed by atoms with van der Waals surface area (Å²) in [5.41, 5.74) is 2.25. The summed E-state index contributed by atoms with van der Waals surface area (Å²) in [6.45, 7) is 1.37. The van der Waals surface area contributed by atoms with E-state index in [9.17, 15) is 4.39 Å². The number of benzene rings is 2. The van der Waals surface area contributed by atoms with Gasteiger partial charge in [0, 0.05) is 6.54 Å². The molecular formula is C16H16FNO. The van der Waals surface area contributed by atoms with E-state index in [0.717, 1.165) is 12.1 Å². The van der Waals surface area contributed by atoms with Crippen molar-refractivity contribution in [1.29, 1.82) is 0 Å². The summed E-state index contributed by atoms with van der Waals surface area (Å²) in [7, 11) is 0. The van der Waals surface area contributed by atoms with Crippen molar-refractivity contribution in [3.8, 4) is 0 Å². The van der Waals surface area contributed by atoms with Gasteiger partial charge in [-0.15, -0.1) is 0 Å². The Bertz CT molecular complexity index is 518. The molecule has 1 heterocycles. The zero-order valence-electron chi connectivity index (χ0n) is 10.6. The molecule has 3 rings (SSSR count). The number of halogens is 1. The summed E-state index contributed by atoms with van der Waals surface area (Å²) in [5, 5.41) is 3.48. The molecule has 2 nitrogen and oxygen atoms in total. The number of hydrogen-bond acceptors (Lipinski definition) is 2. The molecule has 0 spiro atoms. The highest BCUT2D eigenvalue weighted by Crippen LogP contribution is 2.25. The molecule has 1 saturated heterocycles. The van der Waals surface area contributed by atoms with Gasteiger partial charge in [-0.1, -0.05) is 42.5 Å². The monoisotopic (exact) mass is 257 g/mol. The molecule has 19 heavy (non-hydrogen) atoms. The van der Waals surface area contributed by atoms with Gasteiger partial charge >= 0.3 is 0 Å². The third-order valence-corrected chi connectivity index (χ3v) is 3.46. The van der Waals surface area contributed by atoms with Crippen molar-refractivity contribution in [2.75, 3.05) is 13.2 Å². The molecule has 0 aliphatic carbocycles. The van der Waals surface area contributed by atoms with Gasteiger partial charge in [0.2, 0.25) is 0 Å². The van der Waals surface area contributed by atoms with E-state index in [1.807, 2.05) is 18.2 Å². The van der Waals surface area contributed by atoms with Gasteiger partial charge in [0.05, 0.1) is 18.8 Å². The molecule has 2 atom stereocenters. The number of nitrogens with one attached hydrogen (secondary N) is 1. The average molecular weight is 257 g/mol. The Balaban J connectivity index is 1.65. The first-order valence-corrected chi connectivity index (χ1v) is 6.48. The van der Waals surface area contributed by atoms with Gasteiger partial charge in [0.1, 0.15) is 5.82 Å². The highest BCUT2D eigenvalue weighted by Gasteiger charge is 2.23. The van der Waals surface area contributed by atoms with Gasteiger partial charge in [-0.3, -0.25) is 0 Å². The van der Waals surface area contributed by atoms with Gasteiger partial charge < -0.3 is 10.1 Å². The molecule has 0 radical (unpaired) electrons. The van der Waals surface area contributed by atoms with Crippen molar-refractivity contribution < 1.29 is 9.13 Å². The first-order valence-electron chi connectivity index (χ1n) is 6.48. The Kier molecular flexibility index (Phi) is 3.58. The Morgan fingerprint density at radius 2 is 1.68 bits per heavy atom. The highest BCUT2D eigenvalue weighted by molar-refractivity contribution is 5.22. The number of rotatable bonds is 2. The standard InChI is InChI=1S/C16H16FNO/c17-14-8-6-13(7-9-14)16-10-18-15(11-19-16)12-4-2-1-3-5-12/h1-9,15-16,18H,10-11H2. The molecule has 0 saturated carbocycles. The van der Waals surface area contributed by atoms with Crippen molar-refractivity contribution >= 4 is 0 Å². The zero-order valence-corrected chi connectivity index (χ0v) is 10.6. The third-order valence-electron chi connectivity index (χ3n) is 3.46. The fourth-order valence-electron chi connectivity index (χ4n) is 2.37. The first-order chi connectivity index (χ1) is 9.33. The first kappa shape index (κ1) is 12.3. The van der Waals surface area contributed by atoms with Crippen LogP contribution in [0.3, 0.4) is 0 Å². The lowest BCUT2D eigenvalue weighted by Crippen LogP contribution is -2.36. The number of hydrogen-bond donors (Lipinski definition) is 1. The van der Waals surface area contributed by atoms with Gasteiger partial charge in [0.25, 0.3) is 0 Å². The molecule has 0 aromatic heterocycles. The van der Waals surface area contributed by atoms with Crippen LogP contribution in [0.1, 0.15) is 23.3 Å². The summed E-state index contributed by atoms with van der Waals surface area (Å²) in [6, 6.07) is 17.0. The lowest BCUT2D eigenvalue weighted by Gasteiger charge is -2.31. The minimum Gasteiger partial charge on any atom is -0.370 e. The van der Waals surface area contributed by atoms with Crippen LogP contribution in [-0.4, -0.2) is 13.2 Å². The van der Waals surface area contributed by atoms with Crippen LogP contribution in [0.4, 0.5) is 4.39 Å². The van der Waals surface area contributed by atoms with Crippen LogP contribution < -0.4 is 5.32 Å². The molecule has 0 bridgehead atoms. The van der Waals surface area contributed by atoms with E-state index in [2.05, 4.69) is 17.4 Å². The maximum Gasteiger partial charge on any atom is 0.123 e. The Hall–Kier alpha value is -1.71. The van der Waals surface area contributed by atoms with Crippen molar-refractivity contribution in [2.24, 2.45) is 0 Å². The van der Waals surface area contributed by atoms with Crippen molar-refractivity contribution in [1.82, 2.24) is 5.32 Å². The van der Waals surface area contributed by atoms with Crippen molar-refractivity contribution in [3.05, 3.63) is 71.5 Å². The normalized spacial score (nSPS) is 23.2. The molecule has 1 N–H and O–H groups in total. The van der Waals surface area contributed by atoms with E-state index in [1.165, 1.54) is 17.7 Å². The molecule has 2 aromatic rings. The van der Waals surface area contributed by atoms with Gasteiger partial charge in [0.15, 0.2) is 0 Å². The summed E-state index contributed by atoms with van der Waals surface area (Å²) in [6.07, 6.45) is 0.000521. The molecule has 1 aliphatic rings.